The fourth-order valence-corrected chi connectivity index (χ4v) is 4.73. The van der Waals surface area contributed by atoms with E-state index in [4.69, 9.17) is 18.6 Å². The first kappa shape index (κ1) is 28.4. The number of hydrogen-bond acceptors (Lipinski definition) is 9. The fraction of sp³-hybridized carbons (Fsp3) is 0.222. The van der Waals surface area contributed by atoms with E-state index in [-0.39, 0.29) is 28.1 Å². The number of rotatable bonds is 12. The molecule has 0 spiro atoms. The van der Waals surface area contributed by atoms with Gasteiger partial charge in [0.25, 0.3) is 15.9 Å². The minimum Gasteiger partial charge on any atom is -0.490 e. The Balaban J connectivity index is 1.58. The monoisotopic (exact) mass is 570 g/mol. The van der Waals surface area contributed by atoms with E-state index >= 15 is 0 Å². The first-order valence-electron chi connectivity index (χ1n) is 12.3. The molecule has 0 saturated carbocycles. The van der Waals surface area contributed by atoms with Gasteiger partial charge in [0, 0.05) is 5.56 Å². The van der Waals surface area contributed by atoms with Crippen molar-refractivity contribution in [2.24, 2.45) is 0 Å². The van der Waals surface area contributed by atoms with Gasteiger partial charge in [-0.3, -0.25) is 14.8 Å². The van der Waals surface area contributed by atoms with Gasteiger partial charge in [-0.25, -0.2) is 12.8 Å². The Morgan fingerprint density at radius 2 is 1.52 bits per heavy atom. The fourth-order valence-electron chi connectivity index (χ4n) is 3.65. The summed E-state index contributed by atoms with van der Waals surface area (Å²) in [7, 11) is -4.10. The van der Waals surface area contributed by atoms with Crippen LogP contribution in [0.3, 0.4) is 0 Å². The predicted octanol–water partition coefficient (Wildman–Crippen LogP) is 5.12. The number of halogens is 1. The molecule has 4 rings (SSSR count). The summed E-state index contributed by atoms with van der Waals surface area (Å²) < 4.78 is 64.0. The molecule has 0 fully saturated rings. The van der Waals surface area contributed by atoms with Crippen molar-refractivity contribution in [3.05, 3.63) is 72.0 Å². The van der Waals surface area contributed by atoms with Crippen molar-refractivity contribution in [3.8, 4) is 28.7 Å². The van der Waals surface area contributed by atoms with E-state index in [9.17, 15) is 17.6 Å². The van der Waals surface area contributed by atoms with Gasteiger partial charge >= 0.3 is 6.01 Å². The third kappa shape index (κ3) is 6.49. The van der Waals surface area contributed by atoms with Crippen LogP contribution in [0.4, 0.5) is 16.1 Å². The van der Waals surface area contributed by atoms with E-state index < -0.39 is 21.7 Å². The molecular weight excluding hydrogens is 543 g/mol. The zero-order valence-electron chi connectivity index (χ0n) is 21.9. The van der Waals surface area contributed by atoms with E-state index in [1.54, 1.807) is 24.3 Å². The number of sulfonamides is 1. The summed E-state index contributed by atoms with van der Waals surface area (Å²) >= 11 is 0. The number of para-hydroxylation sites is 1. The van der Waals surface area contributed by atoms with Gasteiger partial charge in [-0.05, 0) is 69.3 Å². The van der Waals surface area contributed by atoms with Gasteiger partial charge in [0.05, 0.1) is 36.0 Å². The average molecular weight is 571 g/mol. The summed E-state index contributed by atoms with van der Waals surface area (Å²) in [6.07, 6.45) is 0. The minimum atomic E-state index is -4.10. The van der Waals surface area contributed by atoms with Gasteiger partial charge in [-0.2, -0.15) is 0 Å². The van der Waals surface area contributed by atoms with Gasteiger partial charge in [0.1, 0.15) is 5.82 Å². The summed E-state index contributed by atoms with van der Waals surface area (Å²) in [4.78, 5) is 12.9. The molecule has 1 heterocycles. The lowest BCUT2D eigenvalue weighted by Crippen LogP contribution is -2.18. The maximum absolute atomic E-state index is 13.2. The lowest BCUT2D eigenvalue weighted by Gasteiger charge is -2.16. The molecule has 0 aliphatic rings. The number of hydrogen-bond donors (Lipinski definition) is 2. The highest BCUT2D eigenvalue weighted by Crippen LogP contribution is 2.42. The highest BCUT2D eigenvalue weighted by molar-refractivity contribution is 7.92. The zero-order valence-corrected chi connectivity index (χ0v) is 22.7. The van der Waals surface area contributed by atoms with E-state index in [0.717, 1.165) is 24.3 Å². The molecule has 2 N–H and O–H groups in total. The van der Waals surface area contributed by atoms with Gasteiger partial charge in [0.15, 0.2) is 11.5 Å². The van der Waals surface area contributed by atoms with Crippen molar-refractivity contribution in [1.29, 1.82) is 0 Å². The molecule has 210 valence electrons. The van der Waals surface area contributed by atoms with Crippen LogP contribution in [-0.4, -0.2) is 44.3 Å². The summed E-state index contributed by atoms with van der Waals surface area (Å²) in [6.45, 7) is 6.67. The van der Waals surface area contributed by atoms with Crippen LogP contribution in [0.1, 0.15) is 31.1 Å². The number of amides is 1. The van der Waals surface area contributed by atoms with E-state index in [2.05, 4.69) is 20.2 Å². The normalized spacial score (nSPS) is 11.1. The number of ether oxygens (including phenoxy) is 3. The van der Waals surface area contributed by atoms with Crippen LogP contribution in [0, 0.1) is 5.82 Å². The Morgan fingerprint density at radius 3 is 2.15 bits per heavy atom. The van der Waals surface area contributed by atoms with E-state index in [1.807, 2.05) is 20.8 Å². The van der Waals surface area contributed by atoms with Crippen molar-refractivity contribution < 1.29 is 36.2 Å². The van der Waals surface area contributed by atoms with Crippen molar-refractivity contribution in [2.75, 3.05) is 29.9 Å². The Morgan fingerprint density at radius 1 is 0.900 bits per heavy atom. The van der Waals surface area contributed by atoms with Crippen LogP contribution >= 0.6 is 0 Å². The molecule has 0 aliphatic heterocycles. The van der Waals surface area contributed by atoms with Gasteiger partial charge in [-0.1, -0.05) is 17.2 Å². The molecular formula is C27H27FN4O7S. The Hall–Kier alpha value is -4.65. The largest absolute Gasteiger partial charge is 0.490 e. The Labute approximate surface area is 230 Å². The smallest absolute Gasteiger partial charge is 0.322 e. The van der Waals surface area contributed by atoms with Crippen LogP contribution < -0.4 is 24.2 Å². The van der Waals surface area contributed by atoms with Crippen LogP contribution in [0.5, 0.6) is 17.2 Å². The summed E-state index contributed by atoms with van der Waals surface area (Å²) in [5.41, 5.74) is 0.459. The van der Waals surface area contributed by atoms with Crippen LogP contribution in [0.15, 0.2) is 70.0 Å². The molecule has 0 atom stereocenters. The van der Waals surface area contributed by atoms with Crippen molar-refractivity contribution in [3.63, 3.8) is 0 Å². The number of carbonyl (C=O) groups is 1. The van der Waals surface area contributed by atoms with Gasteiger partial charge in [0.2, 0.25) is 11.6 Å². The second kappa shape index (κ2) is 12.5. The second-order valence-electron chi connectivity index (χ2n) is 8.07. The van der Waals surface area contributed by atoms with Crippen LogP contribution in [0.2, 0.25) is 0 Å². The lowest BCUT2D eigenvalue weighted by atomic mass is 10.1. The summed E-state index contributed by atoms with van der Waals surface area (Å²) in [5, 5.41) is 10.4. The molecule has 0 aliphatic carbocycles. The molecule has 0 radical (unpaired) electrons. The average Bonchev–Trinajstić information content (AvgIpc) is 3.39. The summed E-state index contributed by atoms with van der Waals surface area (Å²) in [6, 6.07) is 13.4. The number of aromatic nitrogens is 2. The van der Waals surface area contributed by atoms with Crippen molar-refractivity contribution in [1.82, 2.24) is 10.2 Å². The van der Waals surface area contributed by atoms with Gasteiger partial charge < -0.3 is 18.6 Å². The standard InChI is InChI=1S/C27H27FN4O7S/c1-4-36-22-15-17(16-23(37-5-2)24(22)38-6-3)26-30-31-27(39-26)29-25(33)20-9-7-8-10-21(20)32-40(34,35)19-13-11-18(28)12-14-19/h7-16,32H,4-6H2,1-3H3,(H,29,31,33). The number of anilines is 2. The number of nitrogens with zero attached hydrogens (tertiary/aromatic N) is 2. The molecule has 11 nitrogen and oxygen atoms in total. The minimum absolute atomic E-state index is 0.00158. The first-order chi connectivity index (χ1) is 19.2. The SMILES string of the molecule is CCOc1cc(-c2nnc(NC(=O)c3ccccc3NS(=O)(=O)c3ccc(F)cc3)o2)cc(OCC)c1OCC. The highest BCUT2D eigenvalue weighted by Gasteiger charge is 2.22. The van der Waals surface area contributed by atoms with E-state index in [0.29, 0.717) is 42.6 Å². The maximum atomic E-state index is 13.2. The number of carbonyl (C=O) groups excluding carboxylic acids is 1. The third-order valence-corrected chi connectivity index (χ3v) is 6.72. The van der Waals surface area contributed by atoms with Crippen LogP contribution in [0.25, 0.3) is 11.5 Å². The first-order valence-corrected chi connectivity index (χ1v) is 13.8. The van der Waals surface area contributed by atoms with Crippen molar-refractivity contribution in [2.45, 2.75) is 25.7 Å². The lowest BCUT2D eigenvalue weighted by molar-refractivity contribution is 0.102. The number of nitrogens with one attached hydrogen (secondary N) is 2. The molecule has 3 aromatic carbocycles. The Bertz CT molecular complexity index is 1560. The quantitative estimate of drug-likeness (QED) is 0.237. The topological polar surface area (TPSA) is 142 Å². The molecule has 4 aromatic rings. The van der Waals surface area contributed by atoms with Gasteiger partial charge in [-0.15, -0.1) is 5.10 Å². The van der Waals surface area contributed by atoms with Crippen LogP contribution in [-0.2, 0) is 10.0 Å². The molecule has 0 unspecified atom stereocenters. The summed E-state index contributed by atoms with van der Waals surface area (Å²) in [5.74, 6) is 0.0940. The van der Waals surface area contributed by atoms with E-state index in [1.165, 1.54) is 12.1 Å². The predicted molar refractivity (Wildman–Crippen MR) is 145 cm³/mol. The zero-order chi connectivity index (χ0) is 28.7. The highest BCUT2D eigenvalue weighted by atomic mass is 32.2. The maximum Gasteiger partial charge on any atom is 0.322 e. The molecule has 1 amide bonds. The van der Waals surface area contributed by atoms with Crippen molar-refractivity contribution >= 4 is 27.6 Å². The molecule has 0 saturated heterocycles. The molecule has 1 aromatic heterocycles. The molecule has 40 heavy (non-hydrogen) atoms. The second-order valence-corrected chi connectivity index (χ2v) is 9.75. The third-order valence-electron chi connectivity index (χ3n) is 5.34. The number of benzene rings is 3. The molecule has 13 heteroatoms. The Kier molecular flexibility index (Phi) is 8.84. The molecule has 0 bridgehead atoms.